The summed E-state index contributed by atoms with van der Waals surface area (Å²) in [5.41, 5.74) is 1.75. The van der Waals surface area contributed by atoms with Crippen LogP contribution in [0.5, 0.6) is 0 Å². The number of pyridine rings is 1. The number of anilines is 2. The van der Waals surface area contributed by atoms with Crippen molar-refractivity contribution in [1.82, 2.24) is 14.8 Å². The molecule has 1 aliphatic heterocycles. The number of hydrogen-bond donors (Lipinski definition) is 1. The fourth-order valence-corrected chi connectivity index (χ4v) is 2.79. The molecule has 6 heteroatoms. The molecule has 2 aromatic rings. The van der Waals surface area contributed by atoms with Gasteiger partial charge < -0.3 is 15.1 Å². The molecular weight excluding hydrogens is 307 g/mol. The molecule has 0 spiro atoms. The summed E-state index contributed by atoms with van der Waals surface area (Å²) in [5.74, 6) is -0.368. The van der Waals surface area contributed by atoms with Crippen LogP contribution >= 0.6 is 0 Å². The lowest BCUT2D eigenvalue weighted by molar-refractivity contribution is 0.0637. The van der Waals surface area contributed by atoms with Crippen LogP contribution in [-0.2, 0) is 0 Å². The molecule has 24 heavy (non-hydrogen) atoms. The second kappa shape index (κ2) is 7.40. The van der Waals surface area contributed by atoms with Crippen LogP contribution in [0.15, 0.2) is 42.6 Å². The molecule has 1 aromatic heterocycles. The van der Waals surface area contributed by atoms with E-state index in [1.54, 1.807) is 30.5 Å². The highest BCUT2D eigenvalue weighted by Crippen LogP contribution is 2.18. The van der Waals surface area contributed by atoms with Gasteiger partial charge in [-0.25, -0.2) is 4.39 Å². The van der Waals surface area contributed by atoms with Gasteiger partial charge >= 0.3 is 0 Å². The Hall–Kier alpha value is -2.47. The molecule has 1 amide bonds. The summed E-state index contributed by atoms with van der Waals surface area (Å²) in [5, 5.41) is 3.10. The van der Waals surface area contributed by atoms with Crippen LogP contribution in [0.4, 0.5) is 15.8 Å². The Morgan fingerprint density at radius 3 is 2.62 bits per heavy atom. The van der Waals surface area contributed by atoms with Gasteiger partial charge in [-0.2, -0.15) is 0 Å². The Bertz CT molecular complexity index is 714. The number of halogens is 1. The number of rotatable bonds is 4. The SMILES string of the molecule is CCN1CCN(C(=O)c2cc(Nc3cccc(F)c3)ccn2)CC1. The molecule has 0 unspecified atom stereocenters. The Kier molecular flexibility index (Phi) is 5.05. The maximum Gasteiger partial charge on any atom is 0.272 e. The van der Waals surface area contributed by atoms with Gasteiger partial charge in [0.05, 0.1) is 0 Å². The van der Waals surface area contributed by atoms with Crippen molar-refractivity contribution in [2.24, 2.45) is 0 Å². The largest absolute Gasteiger partial charge is 0.355 e. The van der Waals surface area contributed by atoms with E-state index in [0.29, 0.717) is 17.1 Å². The third-order valence-electron chi connectivity index (χ3n) is 4.20. The molecule has 0 radical (unpaired) electrons. The Morgan fingerprint density at radius 1 is 1.17 bits per heavy atom. The standard InChI is InChI=1S/C18H21FN4O/c1-2-22-8-10-23(11-9-22)18(24)17-13-16(6-7-20-17)21-15-5-3-4-14(19)12-15/h3-7,12-13H,2,8-11H2,1H3,(H,20,21). The van der Waals surface area contributed by atoms with E-state index < -0.39 is 0 Å². The molecule has 3 rings (SSSR count). The molecule has 1 aromatic carbocycles. The van der Waals surface area contributed by atoms with Crippen molar-refractivity contribution in [1.29, 1.82) is 0 Å². The molecule has 2 heterocycles. The van der Waals surface area contributed by atoms with E-state index in [-0.39, 0.29) is 11.7 Å². The van der Waals surface area contributed by atoms with Crippen molar-refractivity contribution in [2.45, 2.75) is 6.92 Å². The highest BCUT2D eigenvalue weighted by molar-refractivity contribution is 5.93. The summed E-state index contributed by atoms with van der Waals surface area (Å²) >= 11 is 0. The zero-order valence-corrected chi connectivity index (χ0v) is 13.7. The highest BCUT2D eigenvalue weighted by atomic mass is 19.1. The third-order valence-corrected chi connectivity index (χ3v) is 4.20. The second-order valence-corrected chi connectivity index (χ2v) is 5.79. The number of piperazine rings is 1. The number of nitrogens with zero attached hydrogens (tertiary/aromatic N) is 3. The van der Waals surface area contributed by atoms with E-state index in [1.807, 2.05) is 4.90 Å². The summed E-state index contributed by atoms with van der Waals surface area (Å²) in [6.45, 7) is 6.35. The van der Waals surface area contributed by atoms with Gasteiger partial charge in [0, 0.05) is 43.8 Å². The van der Waals surface area contributed by atoms with E-state index in [0.717, 1.165) is 32.7 Å². The number of benzene rings is 1. The quantitative estimate of drug-likeness (QED) is 0.937. The molecule has 5 nitrogen and oxygen atoms in total. The molecule has 0 atom stereocenters. The van der Waals surface area contributed by atoms with Crippen LogP contribution < -0.4 is 5.32 Å². The minimum Gasteiger partial charge on any atom is -0.355 e. The van der Waals surface area contributed by atoms with E-state index in [4.69, 9.17) is 0 Å². The lowest BCUT2D eigenvalue weighted by Gasteiger charge is -2.33. The lowest BCUT2D eigenvalue weighted by Crippen LogP contribution is -2.48. The fourth-order valence-electron chi connectivity index (χ4n) is 2.79. The van der Waals surface area contributed by atoms with Crippen molar-refractivity contribution < 1.29 is 9.18 Å². The van der Waals surface area contributed by atoms with Crippen LogP contribution in [-0.4, -0.2) is 53.4 Å². The van der Waals surface area contributed by atoms with Gasteiger partial charge in [0.1, 0.15) is 11.5 Å². The van der Waals surface area contributed by atoms with Crippen molar-refractivity contribution in [2.75, 3.05) is 38.0 Å². The van der Waals surface area contributed by atoms with Gasteiger partial charge in [-0.1, -0.05) is 13.0 Å². The van der Waals surface area contributed by atoms with E-state index >= 15 is 0 Å². The monoisotopic (exact) mass is 328 g/mol. The first-order chi connectivity index (χ1) is 11.7. The average Bonchev–Trinajstić information content (AvgIpc) is 2.61. The second-order valence-electron chi connectivity index (χ2n) is 5.79. The number of hydrogen-bond acceptors (Lipinski definition) is 4. The van der Waals surface area contributed by atoms with E-state index in [1.165, 1.54) is 12.1 Å². The Balaban J connectivity index is 1.69. The Morgan fingerprint density at radius 2 is 1.92 bits per heavy atom. The van der Waals surface area contributed by atoms with Crippen molar-refractivity contribution in [3.63, 3.8) is 0 Å². The lowest BCUT2D eigenvalue weighted by atomic mass is 10.2. The molecule has 1 N–H and O–H groups in total. The molecule has 126 valence electrons. The molecule has 0 aliphatic carbocycles. The molecule has 0 saturated carbocycles. The smallest absolute Gasteiger partial charge is 0.272 e. The number of aromatic nitrogens is 1. The number of nitrogens with one attached hydrogen (secondary N) is 1. The van der Waals surface area contributed by atoms with Crippen LogP contribution in [0.2, 0.25) is 0 Å². The number of likely N-dealkylation sites (N-methyl/N-ethyl adjacent to an activating group) is 1. The van der Waals surface area contributed by atoms with Crippen LogP contribution in [0.3, 0.4) is 0 Å². The predicted octanol–water partition coefficient (Wildman–Crippen LogP) is 2.74. The summed E-state index contributed by atoms with van der Waals surface area (Å²) < 4.78 is 13.3. The van der Waals surface area contributed by atoms with Gasteiger partial charge in [-0.3, -0.25) is 9.78 Å². The van der Waals surface area contributed by atoms with Gasteiger partial charge in [0.2, 0.25) is 0 Å². The van der Waals surface area contributed by atoms with Crippen LogP contribution in [0.1, 0.15) is 17.4 Å². The molecule has 0 bridgehead atoms. The third kappa shape index (κ3) is 3.89. The number of carbonyl (C=O) groups is 1. The zero-order chi connectivity index (χ0) is 16.9. The molecular formula is C18H21FN4O. The predicted molar refractivity (Wildman–Crippen MR) is 91.9 cm³/mol. The first-order valence-corrected chi connectivity index (χ1v) is 8.16. The maximum absolute atomic E-state index is 13.3. The van der Waals surface area contributed by atoms with Gasteiger partial charge in [-0.15, -0.1) is 0 Å². The van der Waals surface area contributed by atoms with E-state index in [9.17, 15) is 9.18 Å². The van der Waals surface area contributed by atoms with Crippen molar-refractivity contribution in [3.05, 3.63) is 54.1 Å². The van der Waals surface area contributed by atoms with Crippen LogP contribution in [0.25, 0.3) is 0 Å². The first kappa shape index (κ1) is 16.4. The van der Waals surface area contributed by atoms with E-state index in [2.05, 4.69) is 22.1 Å². The number of carbonyl (C=O) groups excluding carboxylic acids is 1. The minimum atomic E-state index is -0.306. The normalized spacial score (nSPS) is 15.3. The van der Waals surface area contributed by atoms with Gasteiger partial charge in [0.15, 0.2) is 0 Å². The maximum atomic E-state index is 13.3. The highest BCUT2D eigenvalue weighted by Gasteiger charge is 2.22. The van der Waals surface area contributed by atoms with Gasteiger partial charge in [-0.05, 0) is 36.9 Å². The van der Waals surface area contributed by atoms with Crippen molar-refractivity contribution >= 4 is 17.3 Å². The molecule has 1 fully saturated rings. The summed E-state index contributed by atoms with van der Waals surface area (Å²) in [6, 6.07) is 9.68. The summed E-state index contributed by atoms with van der Waals surface area (Å²) in [7, 11) is 0. The number of amides is 1. The summed E-state index contributed by atoms with van der Waals surface area (Å²) in [4.78, 5) is 21.0. The fraction of sp³-hybridized carbons (Fsp3) is 0.333. The van der Waals surface area contributed by atoms with Crippen LogP contribution in [0, 0.1) is 5.82 Å². The average molecular weight is 328 g/mol. The van der Waals surface area contributed by atoms with Crippen molar-refractivity contribution in [3.8, 4) is 0 Å². The molecule has 1 aliphatic rings. The summed E-state index contributed by atoms with van der Waals surface area (Å²) in [6.07, 6.45) is 1.59. The first-order valence-electron chi connectivity index (χ1n) is 8.16. The van der Waals surface area contributed by atoms with Gasteiger partial charge in [0.25, 0.3) is 5.91 Å². The molecule has 1 saturated heterocycles. The minimum absolute atomic E-state index is 0.0614. The zero-order valence-electron chi connectivity index (χ0n) is 13.7. The Labute approximate surface area is 141 Å². The topological polar surface area (TPSA) is 48.5 Å².